The van der Waals surface area contributed by atoms with E-state index in [2.05, 4.69) is 4.72 Å². The molecule has 0 fully saturated rings. The molecule has 1 aromatic rings. The zero-order valence-corrected chi connectivity index (χ0v) is 13.3. The molecular formula is C13H16BClN2O3S. The van der Waals surface area contributed by atoms with E-state index in [0.29, 0.717) is 24.4 Å². The van der Waals surface area contributed by atoms with E-state index >= 15 is 0 Å². The Morgan fingerprint density at radius 1 is 1.38 bits per heavy atom. The Morgan fingerprint density at radius 2 is 2.10 bits per heavy atom. The number of rotatable bonds is 5. The molecule has 5 nitrogen and oxygen atoms in total. The summed E-state index contributed by atoms with van der Waals surface area (Å²) < 4.78 is 24.1. The van der Waals surface area contributed by atoms with Gasteiger partial charge in [-0.3, -0.25) is 4.79 Å². The van der Waals surface area contributed by atoms with Gasteiger partial charge in [0.15, 0.2) is 0 Å². The molecule has 21 heavy (non-hydrogen) atoms. The Balaban J connectivity index is 2.33. The van der Waals surface area contributed by atoms with Gasteiger partial charge in [0.2, 0.25) is 5.91 Å². The Hall–Kier alpha value is -1.05. The summed E-state index contributed by atoms with van der Waals surface area (Å²) in [6.07, 6.45) is 1.89. The first-order valence-corrected chi connectivity index (χ1v) is 8.63. The number of carbonyl (C=O) groups excluding carboxylic acids is 1. The highest BCUT2D eigenvalue weighted by molar-refractivity contribution is 8.10. The Labute approximate surface area is 131 Å². The van der Waals surface area contributed by atoms with Crippen LogP contribution in [0.15, 0.2) is 12.1 Å². The SMILES string of the molecule is [B]S(=O)(=O)NCc1cc(Cl)c2c(c1)CCC(=O)N2CCC. The summed E-state index contributed by atoms with van der Waals surface area (Å²) in [5.74, 6) is 0.0710. The fourth-order valence-corrected chi connectivity index (χ4v) is 3.19. The normalized spacial score (nSPS) is 15.1. The van der Waals surface area contributed by atoms with Crippen molar-refractivity contribution in [3.05, 3.63) is 28.3 Å². The van der Waals surface area contributed by atoms with Crippen molar-refractivity contribution in [2.24, 2.45) is 0 Å². The summed E-state index contributed by atoms with van der Waals surface area (Å²) in [5, 5.41) is 0.459. The third kappa shape index (κ3) is 3.99. The molecule has 0 saturated heterocycles. The predicted octanol–water partition coefficient (Wildman–Crippen LogP) is 1.53. The maximum atomic E-state index is 12.0. The van der Waals surface area contributed by atoms with Gasteiger partial charge in [-0.15, -0.1) is 0 Å². The van der Waals surface area contributed by atoms with Crippen molar-refractivity contribution in [1.29, 1.82) is 0 Å². The Kier molecular flexibility index (Phi) is 4.96. The molecule has 1 aliphatic rings. The molecule has 8 heteroatoms. The van der Waals surface area contributed by atoms with E-state index < -0.39 is 9.87 Å². The Morgan fingerprint density at radius 3 is 2.71 bits per heavy atom. The topological polar surface area (TPSA) is 66.5 Å². The molecule has 2 radical (unpaired) electrons. The average molecular weight is 327 g/mol. The van der Waals surface area contributed by atoms with Crippen LogP contribution in [0.4, 0.5) is 5.69 Å². The maximum Gasteiger partial charge on any atom is 0.277 e. The zero-order chi connectivity index (χ0) is 15.6. The molecule has 0 aromatic heterocycles. The summed E-state index contributed by atoms with van der Waals surface area (Å²) in [6, 6.07) is 3.54. The van der Waals surface area contributed by atoms with Crippen molar-refractivity contribution in [3.8, 4) is 0 Å². The predicted molar refractivity (Wildman–Crippen MR) is 83.9 cm³/mol. The van der Waals surface area contributed by atoms with E-state index in [1.165, 1.54) is 0 Å². The quantitative estimate of drug-likeness (QED) is 0.835. The van der Waals surface area contributed by atoms with Crippen LogP contribution >= 0.6 is 11.6 Å². The number of anilines is 1. The van der Waals surface area contributed by atoms with Crippen LogP contribution in [-0.2, 0) is 27.6 Å². The monoisotopic (exact) mass is 326 g/mol. The van der Waals surface area contributed by atoms with Gasteiger partial charge in [0.05, 0.1) is 10.7 Å². The van der Waals surface area contributed by atoms with Crippen molar-refractivity contribution in [2.45, 2.75) is 32.7 Å². The first-order chi connectivity index (χ1) is 9.81. The number of fused-ring (bicyclic) bond motifs is 1. The van der Waals surface area contributed by atoms with Crippen LogP contribution in [0, 0.1) is 0 Å². The minimum absolute atomic E-state index is 0.0710. The molecule has 0 aliphatic carbocycles. The van der Waals surface area contributed by atoms with E-state index in [1.807, 2.05) is 13.0 Å². The first-order valence-electron chi connectivity index (χ1n) is 6.71. The minimum Gasteiger partial charge on any atom is -0.311 e. The number of halogens is 1. The summed E-state index contributed by atoms with van der Waals surface area (Å²) in [6.45, 7) is 2.70. The van der Waals surface area contributed by atoms with Crippen molar-refractivity contribution in [3.63, 3.8) is 0 Å². The molecule has 112 valence electrons. The van der Waals surface area contributed by atoms with Crippen LogP contribution in [0.1, 0.15) is 30.9 Å². The van der Waals surface area contributed by atoms with Gasteiger partial charge in [-0.2, -0.15) is 0 Å². The van der Waals surface area contributed by atoms with Gasteiger partial charge in [-0.1, -0.05) is 24.6 Å². The van der Waals surface area contributed by atoms with Crippen LogP contribution < -0.4 is 9.62 Å². The lowest BCUT2D eigenvalue weighted by molar-refractivity contribution is -0.118. The molecule has 0 bridgehead atoms. The second kappa shape index (κ2) is 6.38. The van der Waals surface area contributed by atoms with Gasteiger partial charge in [0.1, 0.15) is 9.87 Å². The number of carbonyl (C=O) groups is 1. The fourth-order valence-electron chi connectivity index (χ4n) is 2.46. The number of amides is 1. The third-order valence-electron chi connectivity index (χ3n) is 3.31. The van der Waals surface area contributed by atoms with Crippen molar-refractivity contribution in [1.82, 2.24) is 4.72 Å². The molecule has 1 aromatic carbocycles. The molecule has 1 aliphatic heterocycles. The lowest BCUT2D eigenvalue weighted by atomic mass is 9.98. The van der Waals surface area contributed by atoms with Crippen molar-refractivity contribution in [2.75, 3.05) is 11.4 Å². The third-order valence-corrected chi connectivity index (χ3v) is 4.14. The average Bonchev–Trinajstić information content (AvgIpc) is 2.39. The second-order valence-electron chi connectivity index (χ2n) is 5.00. The minimum atomic E-state index is -3.74. The molecule has 0 spiro atoms. The highest BCUT2D eigenvalue weighted by Gasteiger charge is 2.26. The Bertz CT molecular complexity index is 664. The van der Waals surface area contributed by atoms with E-state index in [-0.39, 0.29) is 12.5 Å². The highest BCUT2D eigenvalue weighted by atomic mass is 35.5. The number of nitrogens with zero attached hydrogens (tertiary/aromatic N) is 1. The highest BCUT2D eigenvalue weighted by Crippen LogP contribution is 2.36. The van der Waals surface area contributed by atoms with Gasteiger partial charge in [0.25, 0.3) is 7.12 Å². The van der Waals surface area contributed by atoms with Gasteiger partial charge in [0, 0.05) is 19.5 Å². The van der Waals surface area contributed by atoms with E-state index in [4.69, 9.17) is 18.7 Å². The summed E-state index contributed by atoms with van der Waals surface area (Å²) in [7, 11) is 1.17. The van der Waals surface area contributed by atoms with Crippen molar-refractivity contribution >= 4 is 40.2 Å². The zero-order valence-electron chi connectivity index (χ0n) is 11.7. The molecule has 1 N–H and O–H groups in total. The smallest absolute Gasteiger partial charge is 0.277 e. The van der Waals surface area contributed by atoms with Gasteiger partial charge in [-0.05, 0) is 30.0 Å². The lowest BCUT2D eigenvalue weighted by Crippen LogP contribution is -2.36. The van der Waals surface area contributed by atoms with Crippen LogP contribution in [0.3, 0.4) is 0 Å². The number of hydrogen-bond donors (Lipinski definition) is 1. The molecule has 2 rings (SSSR count). The number of aryl methyl sites for hydroxylation is 1. The number of benzene rings is 1. The van der Waals surface area contributed by atoms with Gasteiger partial charge >= 0.3 is 0 Å². The maximum absolute atomic E-state index is 12.0. The lowest BCUT2D eigenvalue weighted by Gasteiger charge is -2.30. The summed E-state index contributed by atoms with van der Waals surface area (Å²) in [4.78, 5) is 13.7. The molecule has 0 saturated carbocycles. The van der Waals surface area contributed by atoms with E-state index in [0.717, 1.165) is 23.2 Å². The van der Waals surface area contributed by atoms with Crippen LogP contribution in [-0.4, -0.2) is 28.0 Å². The van der Waals surface area contributed by atoms with Crippen molar-refractivity contribution < 1.29 is 13.2 Å². The van der Waals surface area contributed by atoms with Crippen LogP contribution in [0.5, 0.6) is 0 Å². The summed E-state index contributed by atoms with van der Waals surface area (Å²) in [5.41, 5.74) is 2.43. The van der Waals surface area contributed by atoms with E-state index in [9.17, 15) is 13.2 Å². The summed E-state index contributed by atoms with van der Waals surface area (Å²) >= 11 is 6.29. The molecule has 1 amide bonds. The fraction of sp³-hybridized carbons (Fsp3) is 0.462. The molecule has 1 heterocycles. The van der Waals surface area contributed by atoms with Gasteiger partial charge < -0.3 is 4.90 Å². The first kappa shape index (κ1) is 16.3. The second-order valence-corrected chi connectivity index (χ2v) is 6.78. The molecule has 0 atom stereocenters. The number of nitrogens with one attached hydrogen (secondary N) is 1. The van der Waals surface area contributed by atoms with Crippen LogP contribution in [0.2, 0.25) is 5.02 Å². The largest absolute Gasteiger partial charge is 0.311 e. The van der Waals surface area contributed by atoms with Gasteiger partial charge in [-0.25, -0.2) is 13.1 Å². The molecular weight excluding hydrogens is 310 g/mol. The molecule has 0 unspecified atom stereocenters. The standard InChI is InChI=1S/C13H16BClN2O3S/c1-2-5-17-12(18)4-3-10-6-9(7-11(15)13(10)17)8-16-21(14,19)20/h6-7,16H,2-5,8H2,1H3. The van der Waals surface area contributed by atoms with Crippen LogP contribution in [0.25, 0.3) is 0 Å². The number of hydrogen-bond acceptors (Lipinski definition) is 3. The van der Waals surface area contributed by atoms with E-state index in [1.54, 1.807) is 11.0 Å².